The van der Waals surface area contributed by atoms with Gasteiger partial charge in [0.1, 0.15) is 0 Å². The molecule has 0 fully saturated rings. The highest BCUT2D eigenvalue weighted by molar-refractivity contribution is 5.86. The van der Waals surface area contributed by atoms with Crippen LogP contribution in [-0.2, 0) is 19.0 Å². The van der Waals surface area contributed by atoms with Crippen molar-refractivity contribution in [2.45, 2.75) is 39.8 Å². The molecule has 0 radical (unpaired) electrons. The zero-order valence-electron chi connectivity index (χ0n) is 9.20. The van der Waals surface area contributed by atoms with Gasteiger partial charge in [0.2, 0.25) is 6.29 Å². The van der Waals surface area contributed by atoms with Crippen LogP contribution in [0.1, 0.15) is 27.2 Å². The van der Waals surface area contributed by atoms with Crippen LogP contribution in [0.15, 0.2) is 12.2 Å². The van der Waals surface area contributed by atoms with Gasteiger partial charge < -0.3 is 14.2 Å². The molecule has 4 nitrogen and oxygen atoms in total. The third-order valence-electron chi connectivity index (χ3n) is 1.56. The van der Waals surface area contributed by atoms with Gasteiger partial charge in [0.15, 0.2) is 6.29 Å². The van der Waals surface area contributed by atoms with Crippen LogP contribution in [0.4, 0.5) is 0 Å². The summed E-state index contributed by atoms with van der Waals surface area (Å²) in [5.74, 6) is -0.455. The minimum Gasteiger partial charge on any atom is -0.433 e. The molecule has 2 atom stereocenters. The summed E-state index contributed by atoms with van der Waals surface area (Å²) in [6.45, 7) is 8.61. The largest absolute Gasteiger partial charge is 0.433 e. The quantitative estimate of drug-likeness (QED) is 0.374. The standard InChI is InChI=1S/C10H18O4/c1-6-9(12-5)13-8(4)14-10(11)7(2)3/h8-9H,2,6H2,1,3-5H3. The monoisotopic (exact) mass is 202 g/mol. The molecule has 0 aliphatic heterocycles. The highest BCUT2D eigenvalue weighted by Gasteiger charge is 2.14. The molecule has 0 aliphatic rings. The Hall–Kier alpha value is -0.870. The molecule has 0 aromatic rings. The van der Waals surface area contributed by atoms with Gasteiger partial charge >= 0.3 is 5.97 Å². The Balaban J connectivity index is 3.90. The molecule has 0 heterocycles. The molecule has 0 saturated heterocycles. The fourth-order valence-corrected chi connectivity index (χ4v) is 0.811. The SMILES string of the molecule is C=C(C)C(=O)OC(C)OC(CC)OC. The van der Waals surface area contributed by atoms with E-state index in [0.29, 0.717) is 12.0 Å². The normalized spacial score (nSPS) is 14.6. The average Bonchev–Trinajstić information content (AvgIpc) is 2.13. The lowest BCUT2D eigenvalue weighted by Crippen LogP contribution is -2.25. The highest BCUT2D eigenvalue weighted by Crippen LogP contribution is 2.06. The first kappa shape index (κ1) is 13.1. The summed E-state index contributed by atoms with van der Waals surface area (Å²) >= 11 is 0. The van der Waals surface area contributed by atoms with Crippen LogP contribution in [0.25, 0.3) is 0 Å². The number of ether oxygens (including phenoxy) is 3. The molecule has 82 valence electrons. The second-order valence-corrected chi connectivity index (χ2v) is 2.96. The molecule has 0 aromatic heterocycles. The van der Waals surface area contributed by atoms with Gasteiger partial charge in [-0.2, -0.15) is 0 Å². The third-order valence-corrected chi connectivity index (χ3v) is 1.56. The molecule has 0 bridgehead atoms. The number of carbonyl (C=O) groups is 1. The van der Waals surface area contributed by atoms with E-state index in [1.807, 2.05) is 6.92 Å². The fraction of sp³-hybridized carbons (Fsp3) is 0.700. The van der Waals surface area contributed by atoms with Crippen LogP contribution in [0.5, 0.6) is 0 Å². The van der Waals surface area contributed by atoms with E-state index in [1.165, 1.54) is 0 Å². The van der Waals surface area contributed by atoms with E-state index < -0.39 is 12.3 Å². The number of rotatable bonds is 6. The van der Waals surface area contributed by atoms with E-state index in [4.69, 9.17) is 14.2 Å². The Morgan fingerprint density at radius 1 is 1.50 bits per heavy atom. The maximum atomic E-state index is 11.1. The minimum atomic E-state index is -0.621. The molecule has 4 heteroatoms. The Morgan fingerprint density at radius 2 is 2.07 bits per heavy atom. The van der Waals surface area contributed by atoms with Gasteiger partial charge in [-0.05, 0) is 20.3 Å². The minimum absolute atomic E-state index is 0.345. The molecule has 0 amide bonds. The summed E-state index contributed by atoms with van der Waals surface area (Å²) in [5, 5.41) is 0. The van der Waals surface area contributed by atoms with E-state index in [0.717, 1.165) is 0 Å². The lowest BCUT2D eigenvalue weighted by Gasteiger charge is -2.19. The molecule has 0 aliphatic carbocycles. The highest BCUT2D eigenvalue weighted by atomic mass is 16.8. The van der Waals surface area contributed by atoms with Crippen molar-refractivity contribution < 1.29 is 19.0 Å². The van der Waals surface area contributed by atoms with Crippen LogP contribution in [0, 0.1) is 0 Å². The first-order valence-electron chi connectivity index (χ1n) is 4.56. The van der Waals surface area contributed by atoms with Gasteiger partial charge in [-0.25, -0.2) is 4.79 Å². The Labute approximate surface area is 84.8 Å². The molecule has 2 unspecified atom stereocenters. The molecule has 0 N–H and O–H groups in total. The van der Waals surface area contributed by atoms with Crippen molar-refractivity contribution >= 4 is 5.97 Å². The first-order chi connectivity index (χ1) is 6.51. The maximum absolute atomic E-state index is 11.1. The van der Waals surface area contributed by atoms with Crippen molar-refractivity contribution in [1.82, 2.24) is 0 Å². The lowest BCUT2D eigenvalue weighted by atomic mass is 10.4. The van der Waals surface area contributed by atoms with Crippen LogP contribution in [0.3, 0.4) is 0 Å². The molecule has 0 aromatic carbocycles. The van der Waals surface area contributed by atoms with Crippen molar-refractivity contribution in [3.8, 4) is 0 Å². The number of esters is 1. The number of methoxy groups -OCH3 is 1. The number of hydrogen-bond donors (Lipinski definition) is 0. The van der Waals surface area contributed by atoms with Crippen LogP contribution in [0.2, 0.25) is 0 Å². The van der Waals surface area contributed by atoms with E-state index in [2.05, 4.69) is 6.58 Å². The lowest BCUT2D eigenvalue weighted by molar-refractivity contribution is -0.226. The summed E-state index contributed by atoms with van der Waals surface area (Å²) in [5.41, 5.74) is 0.353. The summed E-state index contributed by atoms with van der Waals surface area (Å²) in [7, 11) is 1.54. The predicted octanol–water partition coefficient (Wildman–Crippen LogP) is 1.85. The predicted molar refractivity (Wildman–Crippen MR) is 52.5 cm³/mol. The summed E-state index contributed by atoms with van der Waals surface area (Å²) in [6.07, 6.45) is -0.266. The topological polar surface area (TPSA) is 44.8 Å². The molecule has 0 spiro atoms. The Kier molecular flexibility index (Phi) is 6.16. The van der Waals surface area contributed by atoms with Crippen molar-refractivity contribution in [3.05, 3.63) is 12.2 Å². The maximum Gasteiger partial charge on any atom is 0.335 e. The van der Waals surface area contributed by atoms with Gasteiger partial charge in [-0.3, -0.25) is 0 Å². The fourth-order valence-electron chi connectivity index (χ4n) is 0.811. The summed E-state index contributed by atoms with van der Waals surface area (Å²) in [6, 6.07) is 0. The van der Waals surface area contributed by atoms with Crippen molar-refractivity contribution in [2.24, 2.45) is 0 Å². The van der Waals surface area contributed by atoms with E-state index in [-0.39, 0.29) is 6.29 Å². The van der Waals surface area contributed by atoms with Crippen molar-refractivity contribution in [3.63, 3.8) is 0 Å². The van der Waals surface area contributed by atoms with E-state index in [9.17, 15) is 4.79 Å². The first-order valence-corrected chi connectivity index (χ1v) is 4.56. The number of hydrogen-bond acceptors (Lipinski definition) is 4. The molecular formula is C10H18O4. The second-order valence-electron chi connectivity index (χ2n) is 2.96. The van der Waals surface area contributed by atoms with Crippen LogP contribution >= 0.6 is 0 Å². The average molecular weight is 202 g/mol. The van der Waals surface area contributed by atoms with Crippen LogP contribution < -0.4 is 0 Å². The van der Waals surface area contributed by atoms with Crippen LogP contribution in [-0.4, -0.2) is 25.7 Å². The van der Waals surface area contributed by atoms with Gasteiger partial charge in [-0.1, -0.05) is 13.5 Å². The molecule has 14 heavy (non-hydrogen) atoms. The third kappa shape index (κ3) is 4.99. The summed E-state index contributed by atoms with van der Waals surface area (Å²) in [4.78, 5) is 11.1. The van der Waals surface area contributed by atoms with Gasteiger partial charge in [0.25, 0.3) is 0 Å². The Morgan fingerprint density at radius 3 is 2.43 bits per heavy atom. The van der Waals surface area contributed by atoms with Crippen molar-refractivity contribution in [1.29, 1.82) is 0 Å². The second kappa shape index (κ2) is 6.56. The number of carbonyl (C=O) groups excluding carboxylic acids is 1. The molecule has 0 rings (SSSR count). The Bertz CT molecular complexity index is 196. The molecule has 0 saturated carbocycles. The summed E-state index contributed by atoms with van der Waals surface area (Å²) < 4.78 is 15.1. The van der Waals surface area contributed by atoms with E-state index >= 15 is 0 Å². The molecular weight excluding hydrogens is 184 g/mol. The zero-order valence-corrected chi connectivity index (χ0v) is 9.20. The van der Waals surface area contributed by atoms with E-state index in [1.54, 1.807) is 21.0 Å². The van der Waals surface area contributed by atoms with Crippen molar-refractivity contribution in [2.75, 3.05) is 7.11 Å². The van der Waals surface area contributed by atoms with Gasteiger partial charge in [-0.15, -0.1) is 0 Å². The van der Waals surface area contributed by atoms with Gasteiger partial charge in [0, 0.05) is 12.7 Å². The van der Waals surface area contributed by atoms with Gasteiger partial charge in [0.05, 0.1) is 0 Å². The smallest absolute Gasteiger partial charge is 0.335 e. The zero-order chi connectivity index (χ0) is 11.1.